The van der Waals surface area contributed by atoms with Gasteiger partial charge in [0.1, 0.15) is 16.2 Å². The quantitative estimate of drug-likeness (QED) is 0.667. The summed E-state index contributed by atoms with van der Waals surface area (Å²) >= 11 is 4.65. The van der Waals surface area contributed by atoms with Crippen LogP contribution < -0.4 is 5.56 Å². The average molecular weight is 367 g/mol. The Balaban J connectivity index is 1.91. The van der Waals surface area contributed by atoms with Crippen molar-refractivity contribution in [3.63, 3.8) is 0 Å². The van der Waals surface area contributed by atoms with E-state index in [1.807, 2.05) is 0 Å². The maximum absolute atomic E-state index is 12.5. The van der Waals surface area contributed by atoms with Crippen LogP contribution in [0.1, 0.15) is 36.5 Å². The van der Waals surface area contributed by atoms with E-state index < -0.39 is 0 Å². The summed E-state index contributed by atoms with van der Waals surface area (Å²) in [6.07, 6.45) is 2.05. The lowest BCUT2D eigenvalue weighted by molar-refractivity contribution is 0.561. The molecule has 0 aromatic carbocycles. The van der Waals surface area contributed by atoms with Gasteiger partial charge in [0.05, 0.1) is 11.1 Å². The highest BCUT2D eigenvalue weighted by molar-refractivity contribution is 8.00. The molecule has 122 valence electrons. The first-order valence-corrected chi connectivity index (χ1v) is 10.2. The molecule has 1 N–H and O–H groups in total. The van der Waals surface area contributed by atoms with E-state index in [-0.39, 0.29) is 5.56 Å². The number of nitrogens with zero attached hydrogens (tertiary/aromatic N) is 3. The van der Waals surface area contributed by atoms with E-state index in [1.165, 1.54) is 28.0 Å². The summed E-state index contributed by atoms with van der Waals surface area (Å²) in [5.41, 5.74) is 2.84. The van der Waals surface area contributed by atoms with E-state index in [9.17, 15) is 4.79 Å². The van der Waals surface area contributed by atoms with Gasteiger partial charge in [0, 0.05) is 4.88 Å². The van der Waals surface area contributed by atoms with Crippen LogP contribution in [-0.2, 0) is 12.2 Å². The van der Waals surface area contributed by atoms with Crippen LogP contribution in [0, 0.1) is 12.8 Å². The highest BCUT2D eigenvalue weighted by atomic mass is 32.2. The zero-order valence-corrected chi connectivity index (χ0v) is 15.7. The molecule has 0 saturated carbocycles. The third kappa shape index (κ3) is 3.64. The minimum Gasteiger partial charge on any atom is -0.309 e. The van der Waals surface area contributed by atoms with Crippen molar-refractivity contribution >= 4 is 44.7 Å². The van der Waals surface area contributed by atoms with E-state index in [2.05, 4.69) is 40.9 Å². The van der Waals surface area contributed by atoms with Gasteiger partial charge in [-0.25, -0.2) is 4.98 Å². The summed E-state index contributed by atoms with van der Waals surface area (Å²) in [7, 11) is 0. The van der Waals surface area contributed by atoms with Crippen molar-refractivity contribution in [2.75, 3.05) is 0 Å². The summed E-state index contributed by atoms with van der Waals surface area (Å²) < 4.78 is 0.882. The molecule has 0 bridgehead atoms. The van der Waals surface area contributed by atoms with Gasteiger partial charge in [0.15, 0.2) is 4.34 Å². The fourth-order valence-electron chi connectivity index (χ4n) is 2.38. The highest BCUT2D eigenvalue weighted by Gasteiger charge is 2.16. The number of hydrogen-bond donors (Lipinski definition) is 1. The standard InChI is InChI=1S/C15H18N4OS3/c1-4-8(2)5-10-9(3)23-14-12(10)13(20)17-11(18-14)6-21-15-19-16-7-22-15/h7-8H,4-6H2,1-3H3,(H,17,18,20)/t8-/m1/s1. The molecule has 0 aliphatic rings. The number of thiophene rings is 1. The predicted molar refractivity (Wildman–Crippen MR) is 97.6 cm³/mol. The number of rotatable bonds is 6. The van der Waals surface area contributed by atoms with Crippen molar-refractivity contribution in [2.45, 2.75) is 43.7 Å². The number of fused-ring (bicyclic) bond motifs is 1. The van der Waals surface area contributed by atoms with E-state index in [4.69, 9.17) is 0 Å². The van der Waals surface area contributed by atoms with E-state index >= 15 is 0 Å². The van der Waals surface area contributed by atoms with Crippen LogP contribution in [0.4, 0.5) is 0 Å². The molecule has 8 heteroatoms. The Morgan fingerprint density at radius 3 is 2.96 bits per heavy atom. The van der Waals surface area contributed by atoms with Crippen LogP contribution in [0.15, 0.2) is 14.6 Å². The van der Waals surface area contributed by atoms with Gasteiger partial charge < -0.3 is 4.98 Å². The first-order chi connectivity index (χ1) is 11.1. The highest BCUT2D eigenvalue weighted by Crippen LogP contribution is 2.30. The second-order valence-corrected chi connectivity index (χ2v) is 8.80. The largest absolute Gasteiger partial charge is 0.309 e. The molecule has 3 aromatic rings. The molecular weight excluding hydrogens is 348 g/mol. The summed E-state index contributed by atoms with van der Waals surface area (Å²) in [4.78, 5) is 22.2. The smallest absolute Gasteiger partial charge is 0.259 e. The number of H-pyrrole nitrogens is 1. The molecule has 0 aliphatic carbocycles. The minimum atomic E-state index is -0.0227. The Kier molecular flexibility index (Phi) is 5.13. The van der Waals surface area contributed by atoms with Crippen molar-refractivity contribution in [3.8, 4) is 0 Å². The maximum atomic E-state index is 12.5. The molecule has 0 amide bonds. The van der Waals surface area contributed by atoms with Crippen LogP contribution in [-0.4, -0.2) is 20.2 Å². The van der Waals surface area contributed by atoms with E-state index in [1.54, 1.807) is 16.8 Å². The molecule has 3 aromatic heterocycles. The van der Waals surface area contributed by atoms with Gasteiger partial charge in [-0.1, -0.05) is 43.4 Å². The fourth-order valence-corrected chi connectivity index (χ4v) is 4.81. The fraction of sp³-hybridized carbons (Fsp3) is 0.467. The normalized spacial score (nSPS) is 12.8. The predicted octanol–water partition coefficient (Wildman–Crippen LogP) is 4.03. The van der Waals surface area contributed by atoms with Gasteiger partial charge in [-0.15, -0.1) is 21.5 Å². The number of aryl methyl sites for hydroxylation is 1. The number of thioether (sulfide) groups is 1. The summed E-state index contributed by atoms with van der Waals surface area (Å²) in [6.45, 7) is 6.48. The Bertz CT molecular complexity index is 854. The van der Waals surface area contributed by atoms with Crippen molar-refractivity contribution in [3.05, 3.63) is 32.1 Å². The second kappa shape index (κ2) is 7.11. The van der Waals surface area contributed by atoms with Crippen LogP contribution in [0.3, 0.4) is 0 Å². The molecule has 1 atom stereocenters. The van der Waals surface area contributed by atoms with Crippen LogP contribution in [0.5, 0.6) is 0 Å². The van der Waals surface area contributed by atoms with Crippen LogP contribution in [0.25, 0.3) is 10.2 Å². The molecule has 5 nitrogen and oxygen atoms in total. The number of aromatic amines is 1. The van der Waals surface area contributed by atoms with Crippen molar-refractivity contribution in [1.29, 1.82) is 0 Å². The van der Waals surface area contributed by atoms with Crippen LogP contribution in [0.2, 0.25) is 0 Å². The topological polar surface area (TPSA) is 71.5 Å². The zero-order valence-electron chi connectivity index (χ0n) is 13.3. The molecule has 3 rings (SSSR count). The molecule has 0 radical (unpaired) electrons. The molecule has 0 unspecified atom stereocenters. The lowest BCUT2D eigenvalue weighted by Crippen LogP contribution is -2.12. The van der Waals surface area contributed by atoms with Crippen molar-refractivity contribution in [2.24, 2.45) is 5.92 Å². The Labute approximate surface area is 146 Å². The summed E-state index contributed by atoms with van der Waals surface area (Å²) in [5.74, 6) is 1.86. The Morgan fingerprint density at radius 1 is 1.43 bits per heavy atom. The lowest BCUT2D eigenvalue weighted by atomic mass is 9.98. The average Bonchev–Trinajstić information content (AvgIpc) is 3.14. The third-order valence-corrected chi connectivity index (χ3v) is 6.75. The molecule has 0 saturated heterocycles. The van der Waals surface area contributed by atoms with Gasteiger partial charge in [0.25, 0.3) is 5.56 Å². The zero-order chi connectivity index (χ0) is 16.4. The first kappa shape index (κ1) is 16.6. The second-order valence-electron chi connectivity index (χ2n) is 5.54. The summed E-state index contributed by atoms with van der Waals surface area (Å²) in [5, 5.41) is 8.58. The Morgan fingerprint density at radius 2 is 2.26 bits per heavy atom. The maximum Gasteiger partial charge on any atom is 0.259 e. The molecule has 0 fully saturated rings. The molecule has 0 aliphatic heterocycles. The number of aromatic nitrogens is 4. The number of nitrogens with one attached hydrogen (secondary N) is 1. The molecule has 0 spiro atoms. The van der Waals surface area contributed by atoms with Crippen molar-refractivity contribution in [1.82, 2.24) is 20.2 Å². The minimum absolute atomic E-state index is 0.0227. The van der Waals surface area contributed by atoms with Gasteiger partial charge in [-0.2, -0.15) is 0 Å². The van der Waals surface area contributed by atoms with Crippen LogP contribution >= 0.6 is 34.4 Å². The monoisotopic (exact) mass is 366 g/mol. The van der Waals surface area contributed by atoms with Gasteiger partial charge >= 0.3 is 0 Å². The number of hydrogen-bond acceptors (Lipinski definition) is 7. The molecule has 23 heavy (non-hydrogen) atoms. The lowest BCUT2D eigenvalue weighted by Gasteiger charge is -2.08. The molecular formula is C15H18N4OS3. The van der Waals surface area contributed by atoms with Gasteiger partial charge in [-0.3, -0.25) is 4.79 Å². The van der Waals surface area contributed by atoms with Gasteiger partial charge in [-0.05, 0) is 24.8 Å². The van der Waals surface area contributed by atoms with Gasteiger partial charge in [0.2, 0.25) is 0 Å². The summed E-state index contributed by atoms with van der Waals surface area (Å²) in [6, 6.07) is 0. The van der Waals surface area contributed by atoms with Crippen molar-refractivity contribution < 1.29 is 0 Å². The SMILES string of the molecule is CC[C@@H](C)Cc1c(C)sc2nc(CSc3nncs3)[nH]c(=O)c12. The molecule has 3 heterocycles. The Hall–Kier alpha value is -1.25. The van der Waals surface area contributed by atoms with E-state index in [0.29, 0.717) is 17.5 Å². The first-order valence-electron chi connectivity index (χ1n) is 7.48. The van der Waals surface area contributed by atoms with E-state index in [0.717, 1.165) is 33.0 Å². The third-order valence-electron chi connectivity index (χ3n) is 3.83.